The van der Waals surface area contributed by atoms with Crippen molar-refractivity contribution in [3.63, 3.8) is 0 Å². The molecule has 2 rings (SSSR count). The van der Waals surface area contributed by atoms with E-state index in [1.165, 1.54) is 0 Å². The second-order valence-corrected chi connectivity index (χ2v) is 5.90. The normalized spacial score (nSPS) is 20.5. The van der Waals surface area contributed by atoms with Crippen molar-refractivity contribution in [2.24, 2.45) is 5.73 Å². The predicted molar refractivity (Wildman–Crippen MR) is 79.5 cm³/mol. The van der Waals surface area contributed by atoms with E-state index in [9.17, 15) is 0 Å². The molecule has 0 amide bonds. The molecule has 1 aromatic carbocycles. The molecule has 1 aliphatic rings. The molecule has 19 heavy (non-hydrogen) atoms. The van der Waals surface area contributed by atoms with Crippen LogP contribution in [0.25, 0.3) is 0 Å². The largest absolute Gasteiger partial charge is 0.490 e. The molecule has 0 bridgehead atoms. The number of hydrogen-bond donors (Lipinski definition) is 1. The Balaban J connectivity index is 2.02. The Morgan fingerprint density at radius 2 is 2.32 bits per heavy atom. The zero-order chi connectivity index (χ0) is 13.8. The Morgan fingerprint density at radius 3 is 3.00 bits per heavy atom. The second kappa shape index (κ2) is 6.70. The van der Waals surface area contributed by atoms with E-state index in [0.717, 1.165) is 41.0 Å². The first-order valence-electron chi connectivity index (χ1n) is 6.52. The van der Waals surface area contributed by atoms with Crippen molar-refractivity contribution in [2.45, 2.75) is 19.6 Å². The summed E-state index contributed by atoms with van der Waals surface area (Å²) in [5.74, 6) is 0.891. The molecule has 1 fully saturated rings. The van der Waals surface area contributed by atoms with E-state index in [-0.39, 0.29) is 6.10 Å². The average molecular weight is 329 g/mol. The van der Waals surface area contributed by atoms with Gasteiger partial charge in [-0.3, -0.25) is 0 Å². The molecular formula is C14H21BrN2O2. The lowest BCUT2D eigenvalue weighted by atomic mass is 10.1. The monoisotopic (exact) mass is 328 g/mol. The van der Waals surface area contributed by atoms with Crippen LogP contribution in [0.2, 0.25) is 0 Å². The van der Waals surface area contributed by atoms with Gasteiger partial charge < -0.3 is 20.1 Å². The minimum absolute atomic E-state index is 0.132. The summed E-state index contributed by atoms with van der Waals surface area (Å²) in [6.45, 7) is 5.75. The van der Waals surface area contributed by atoms with Crippen molar-refractivity contribution in [3.8, 4) is 5.75 Å². The van der Waals surface area contributed by atoms with Crippen LogP contribution in [0.15, 0.2) is 16.6 Å². The van der Waals surface area contributed by atoms with Crippen molar-refractivity contribution >= 4 is 15.9 Å². The summed E-state index contributed by atoms with van der Waals surface area (Å²) >= 11 is 3.48. The van der Waals surface area contributed by atoms with Gasteiger partial charge in [-0.25, -0.2) is 0 Å². The molecule has 1 saturated heterocycles. The van der Waals surface area contributed by atoms with Crippen molar-refractivity contribution in [1.29, 1.82) is 0 Å². The lowest BCUT2D eigenvalue weighted by Crippen LogP contribution is -2.42. The van der Waals surface area contributed by atoms with Gasteiger partial charge in [-0.2, -0.15) is 0 Å². The van der Waals surface area contributed by atoms with E-state index >= 15 is 0 Å². The molecule has 0 radical (unpaired) electrons. The summed E-state index contributed by atoms with van der Waals surface area (Å²) in [5, 5.41) is 0. The number of rotatable bonds is 4. The van der Waals surface area contributed by atoms with Gasteiger partial charge in [0, 0.05) is 29.7 Å². The highest BCUT2D eigenvalue weighted by Crippen LogP contribution is 2.28. The number of nitrogens with two attached hydrogens (primary N) is 1. The first-order chi connectivity index (χ1) is 9.10. The molecule has 5 heteroatoms. The van der Waals surface area contributed by atoms with Gasteiger partial charge in [-0.15, -0.1) is 0 Å². The zero-order valence-electron chi connectivity index (χ0n) is 11.5. The van der Waals surface area contributed by atoms with Crippen LogP contribution >= 0.6 is 15.9 Å². The number of likely N-dealkylation sites (N-methyl/N-ethyl adjacent to an activating group) is 1. The third-order valence-electron chi connectivity index (χ3n) is 3.29. The summed E-state index contributed by atoms with van der Waals surface area (Å²) < 4.78 is 12.7. The molecule has 1 unspecified atom stereocenters. The van der Waals surface area contributed by atoms with E-state index in [1.807, 2.05) is 19.1 Å². The highest BCUT2D eigenvalue weighted by atomic mass is 79.9. The molecule has 1 atom stereocenters. The van der Waals surface area contributed by atoms with Crippen LogP contribution in [0.1, 0.15) is 11.1 Å². The fourth-order valence-corrected chi connectivity index (χ4v) is 2.92. The van der Waals surface area contributed by atoms with Gasteiger partial charge in [0.15, 0.2) is 0 Å². The summed E-state index contributed by atoms with van der Waals surface area (Å²) in [5.41, 5.74) is 7.90. The SMILES string of the molecule is Cc1cc(Br)cc(CN)c1OCC1CN(C)CCO1. The Bertz CT molecular complexity index is 440. The van der Waals surface area contributed by atoms with Crippen LogP contribution in [-0.2, 0) is 11.3 Å². The van der Waals surface area contributed by atoms with E-state index in [0.29, 0.717) is 13.2 Å². The fourth-order valence-electron chi connectivity index (χ4n) is 2.30. The van der Waals surface area contributed by atoms with Crippen molar-refractivity contribution < 1.29 is 9.47 Å². The molecule has 4 nitrogen and oxygen atoms in total. The standard InChI is InChI=1S/C14H21BrN2O2/c1-10-5-12(15)6-11(7-16)14(10)19-9-13-8-17(2)3-4-18-13/h5-6,13H,3-4,7-9,16H2,1-2H3. The maximum absolute atomic E-state index is 5.95. The molecular weight excluding hydrogens is 308 g/mol. The Kier molecular flexibility index (Phi) is 5.21. The minimum atomic E-state index is 0.132. The number of ether oxygens (including phenoxy) is 2. The number of aryl methyl sites for hydroxylation is 1. The highest BCUT2D eigenvalue weighted by molar-refractivity contribution is 9.10. The van der Waals surface area contributed by atoms with Crippen molar-refractivity contribution in [2.75, 3.05) is 33.4 Å². The summed E-state index contributed by atoms with van der Waals surface area (Å²) in [6, 6.07) is 4.05. The third kappa shape index (κ3) is 3.92. The molecule has 0 aromatic heterocycles. The van der Waals surface area contributed by atoms with E-state index in [4.69, 9.17) is 15.2 Å². The lowest BCUT2D eigenvalue weighted by Gasteiger charge is -2.30. The maximum Gasteiger partial charge on any atom is 0.126 e. The molecule has 0 spiro atoms. The van der Waals surface area contributed by atoms with E-state index in [1.54, 1.807) is 0 Å². The molecule has 106 valence electrons. The molecule has 2 N–H and O–H groups in total. The number of morpholine rings is 1. The predicted octanol–water partition coefficient (Wildman–Crippen LogP) is 1.93. The van der Waals surface area contributed by atoms with Gasteiger partial charge in [0.2, 0.25) is 0 Å². The van der Waals surface area contributed by atoms with Gasteiger partial charge in [0.25, 0.3) is 0 Å². The average Bonchev–Trinajstić information content (AvgIpc) is 2.37. The number of hydrogen-bond acceptors (Lipinski definition) is 4. The van der Waals surface area contributed by atoms with Crippen LogP contribution in [-0.4, -0.2) is 44.4 Å². The highest BCUT2D eigenvalue weighted by Gasteiger charge is 2.19. The lowest BCUT2D eigenvalue weighted by molar-refractivity contribution is -0.0405. The van der Waals surface area contributed by atoms with Gasteiger partial charge in [-0.1, -0.05) is 15.9 Å². The van der Waals surface area contributed by atoms with Crippen molar-refractivity contribution in [1.82, 2.24) is 4.90 Å². The third-order valence-corrected chi connectivity index (χ3v) is 3.75. The molecule has 1 heterocycles. The van der Waals surface area contributed by atoms with Crippen LogP contribution in [0, 0.1) is 6.92 Å². The summed E-state index contributed by atoms with van der Waals surface area (Å²) in [7, 11) is 2.10. The van der Waals surface area contributed by atoms with Gasteiger partial charge in [0.05, 0.1) is 6.61 Å². The number of benzene rings is 1. The quantitative estimate of drug-likeness (QED) is 0.917. The maximum atomic E-state index is 5.95. The number of halogens is 1. The Labute approximate surface area is 123 Å². The first kappa shape index (κ1) is 14.8. The van der Waals surface area contributed by atoms with Gasteiger partial charge >= 0.3 is 0 Å². The molecule has 1 aliphatic heterocycles. The van der Waals surface area contributed by atoms with Gasteiger partial charge in [-0.05, 0) is 31.7 Å². The van der Waals surface area contributed by atoms with Crippen molar-refractivity contribution in [3.05, 3.63) is 27.7 Å². The summed E-state index contributed by atoms with van der Waals surface area (Å²) in [4.78, 5) is 2.26. The molecule has 0 aliphatic carbocycles. The fraction of sp³-hybridized carbons (Fsp3) is 0.571. The second-order valence-electron chi connectivity index (χ2n) is 4.98. The number of nitrogens with zero attached hydrogens (tertiary/aromatic N) is 1. The zero-order valence-corrected chi connectivity index (χ0v) is 13.1. The first-order valence-corrected chi connectivity index (χ1v) is 7.31. The molecule has 1 aromatic rings. The molecule has 0 saturated carbocycles. The smallest absolute Gasteiger partial charge is 0.126 e. The van der Waals surface area contributed by atoms with E-state index < -0.39 is 0 Å². The van der Waals surface area contributed by atoms with Gasteiger partial charge in [0.1, 0.15) is 18.5 Å². The minimum Gasteiger partial charge on any atom is -0.490 e. The summed E-state index contributed by atoms with van der Waals surface area (Å²) in [6.07, 6.45) is 0.132. The van der Waals surface area contributed by atoms with Crippen LogP contribution in [0.4, 0.5) is 0 Å². The topological polar surface area (TPSA) is 47.7 Å². The van der Waals surface area contributed by atoms with Crippen LogP contribution < -0.4 is 10.5 Å². The Hall–Kier alpha value is -0.620. The van der Waals surface area contributed by atoms with Crippen LogP contribution in [0.3, 0.4) is 0 Å². The van der Waals surface area contributed by atoms with Crippen LogP contribution in [0.5, 0.6) is 5.75 Å². The Morgan fingerprint density at radius 1 is 1.53 bits per heavy atom. The van der Waals surface area contributed by atoms with E-state index in [2.05, 4.69) is 27.9 Å².